The third-order valence-electron chi connectivity index (χ3n) is 4.62. The maximum Gasteiger partial charge on any atom is 0.341 e. The van der Waals surface area contributed by atoms with Gasteiger partial charge in [-0.3, -0.25) is 4.90 Å². The van der Waals surface area contributed by atoms with Crippen molar-refractivity contribution in [3.05, 3.63) is 47.3 Å². The van der Waals surface area contributed by atoms with Crippen LogP contribution in [0.5, 0.6) is 5.75 Å². The van der Waals surface area contributed by atoms with Gasteiger partial charge in [0.05, 0.1) is 11.8 Å². The van der Waals surface area contributed by atoms with E-state index in [2.05, 4.69) is 10.1 Å². The minimum atomic E-state index is -0.983. The Labute approximate surface area is 152 Å². The van der Waals surface area contributed by atoms with Gasteiger partial charge < -0.3 is 19.1 Å². The van der Waals surface area contributed by atoms with E-state index in [-0.39, 0.29) is 12.7 Å². The Balaban J connectivity index is 1.64. The average Bonchev–Trinajstić information content (AvgIpc) is 3.20. The second-order valence-electron chi connectivity index (χ2n) is 6.66. The zero-order valence-electron chi connectivity index (χ0n) is 15.1. The van der Waals surface area contributed by atoms with E-state index in [0.717, 1.165) is 36.5 Å². The number of aromatic nitrogens is 1. The van der Waals surface area contributed by atoms with Crippen LogP contribution < -0.4 is 4.74 Å². The van der Waals surface area contributed by atoms with E-state index in [4.69, 9.17) is 19.1 Å². The maximum atomic E-state index is 10.8. The number of benzene rings is 1. The van der Waals surface area contributed by atoms with Crippen molar-refractivity contribution in [3.8, 4) is 5.75 Å². The average molecular weight is 360 g/mol. The van der Waals surface area contributed by atoms with Gasteiger partial charge in [-0.1, -0.05) is 23.4 Å². The first kappa shape index (κ1) is 18.4. The van der Waals surface area contributed by atoms with Crippen molar-refractivity contribution in [2.45, 2.75) is 26.0 Å². The zero-order chi connectivity index (χ0) is 18.5. The van der Waals surface area contributed by atoms with Crippen molar-refractivity contribution in [2.24, 2.45) is 5.92 Å². The fraction of sp³-hybridized carbons (Fsp3) is 0.474. The first-order chi connectivity index (χ1) is 12.5. The van der Waals surface area contributed by atoms with E-state index >= 15 is 0 Å². The number of carboxylic acids is 1. The quantitative estimate of drug-likeness (QED) is 0.772. The molecule has 7 nitrogen and oxygen atoms in total. The Morgan fingerprint density at radius 1 is 1.38 bits per heavy atom. The fourth-order valence-corrected chi connectivity index (χ4v) is 3.45. The molecule has 1 aromatic carbocycles. The van der Waals surface area contributed by atoms with Crippen LogP contribution in [-0.2, 0) is 22.5 Å². The number of para-hydroxylation sites is 1. The van der Waals surface area contributed by atoms with Gasteiger partial charge in [0.25, 0.3) is 0 Å². The molecule has 140 valence electrons. The van der Waals surface area contributed by atoms with Crippen molar-refractivity contribution in [2.75, 3.05) is 26.8 Å². The van der Waals surface area contributed by atoms with Gasteiger partial charge in [-0.2, -0.15) is 0 Å². The highest BCUT2D eigenvalue weighted by molar-refractivity contribution is 5.68. The van der Waals surface area contributed by atoms with Gasteiger partial charge in [-0.05, 0) is 13.0 Å². The van der Waals surface area contributed by atoms with Crippen molar-refractivity contribution in [1.29, 1.82) is 0 Å². The smallest absolute Gasteiger partial charge is 0.341 e. The summed E-state index contributed by atoms with van der Waals surface area (Å²) in [4.78, 5) is 13.1. The Hall–Kier alpha value is -2.38. The van der Waals surface area contributed by atoms with Crippen LogP contribution in [0.3, 0.4) is 0 Å². The van der Waals surface area contributed by atoms with E-state index in [9.17, 15) is 4.79 Å². The van der Waals surface area contributed by atoms with E-state index in [1.54, 1.807) is 13.2 Å². The molecule has 26 heavy (non-hydrogen) atoms. The molecule has 0 amide bonds. The summed E-state index contributed by atoms with van der Waals surface area (Å²) < 4.78 is 16.4. The zero-order valence-corrected chi connectivity index (χ0v) is 15.1. The minimum Gasteiger partial charge on any atom is -0.482 e. The van der Waals surface area contributed by atoms with Crippen molar-refractivity contribution >= 4 is 5.97 Å². The molecule has 2 aromatic rings. The predicted octanol–water partition coefficient (Wildman–Crippen LogP) is 2.14. The lowest BCUT2D eigenvalue weighted by Crippen LogP contribution is -2.23. The number of ether oxygens (including phenoxy) is 2. The molecule has 0 bridgehead atoms. The summed E-state index contributed by atoms with van der Waals surface area (Å²) in [6.45, 7) is 3.93. The molecule has 0 saturated carbocycles. The van der Waals surface area contributed by atoms with Crippen LogP contribution in [0.4, 0.5) is 0 Å². The number of rotatable bonds is 8. The van der Waals surface area contributed by atoms with Gasteiger partial charge in [0.2, 0.25) is 0 Å². The fourth-order valence-electron chi connectivity index (χ4n) is 3.45. The van der Waals surface area contributed by atoms with Gasteiger partial charge in [0.1, 0.15) is 11.5 Å². The van der Waals surface area contributed by atoms with Crippen LogP contribution in [0.15, 0.2) is 34.9 Å². The normalized spacial score (nSPS) is 20.4. The third-order valence-corrected chi connectivity index (χ3v) is 4.62. The lowest BCUT2D eigenvalue weighted by Gasteiger charge is -2.18. The Morgan fingerprint density at radius 2 is 2.19 bits per heavy atom. The standard InChI is InChI=1S/C19H24N2O5/c1-13-7-16(26-20-13)8-15-10-21(11-18(15)24-2)9-14-5-3-4-6-17(14)25-12-19(22)23/h3-7,15,18H,8-12H2,1-2H3,(H,22,23)/t15-,18+/m1/s1. The number of likely N-dealkylation sites (tertiary alicyclic amines) is 1. The van der Waals surface area contributed by atoms with Crippen LogP contribution in [0.25, 0.3) is 0 Å². The molecule has 3 rings (SSSR count). The van der Waals surface area contributed by atoms with E-state index in [1.807, 2.05) is 31.2 Å². The molecule has 1 aliphatic rings. The summed E-state index contributed by atoms with van der Waals surface area (Å²) in [7, 11) is 1.73. The second-order valence-corrected chi connectivity index (χ2v) is 6.66. The number of carbonyl (C=O) groups is 1. The largest absolute Gasteiger partial charge is 0.482 e. The van der Waals surface area contributed by atoms with E-state index < -0.39 is 5.97 Å². The molecular formula is C19H24N2O5. The summed E-state index contributed by atoms with van der Waals surface area (Å²) >= 11 is 0. The maximum absolute atomic E-state index is 10.8. The number of methoxy groups -OCH3 is 1. The van der Waals surface area contributed by atoms with Crippen molar-refractivity contribution in [1.82, 2.24) is 10.1 Å². The topological polar surface area (TPSA) is 85.0 Å². The number of nitrogens with zero attached hydrogens (tertiary/aromatic N) is 2. The third kappa shape index (κ3) is 4.62. The number of aliphatic carboxylic acids is 1. The predicted molar refractivity (Wildman–Crippen MR) is 94.1 cm³/mol. The Bertz CT molecular complexity index is 745. The Kier molecular flexibility index (Phi) is 5.90. The second kappa shape index (κ2) is 8.33. The molecule has 7 heteroatoms. The van der Waals surface area contributed by atoms with Crippen molar-refractivity contribution < 1.29 is 23.9 Å². The molecule has 1 fully saturated rings. The summed E-state index contributed by atoms with van der Waals surface area (Å²) in [5.41, 5.74) is 1.85. The highest BCUT2D eigenvalue weighted by atomic mass is 16.5. The minimum absolute atomic E-state index is 0.118. The van der Waals surface area contributed by atoms with Crippen LogP contribution >= 0.6 is 0 Å². The SMILES string of the molecule is CO[C@H]1CN(Cc2ccccc2OCC(=O)O)C[C@H]1Cc1cc(C)no1. The van der Waals surface area contributed by atoms with E-state index in [0.29, 0.717) is 18.2 Å². The van der Waals surface area contributed by atoms with Gasteiger partial charge in [-0.15, -0.1) is 0 Å². The number of hydrogen-bond acceptors (Lipinski definition) is 6. The molecule has 0 radical (unpaired) electrons. The lowest BCUT2D eigenvalue weighted by molar-refractivity contribution is -0.139. The molecule has 1 N–H and O–H groups in total. The number of carboxylic acid groups (broad SMARTS) is 1. The van der Waals surface area contributed by atoms with Gasteiger partial charge in [-0.25, -0.2) is 4.79 Å². The first-order valence-electron chi connectivity index (χ1n) is 8.65. The summed E-state index contributed by atoms with van der Waals surface area (Å²) in [6.07, 6.45) is 0.903. The van der Waals surface area contributed by atoms with E-state index in [1.165, 1.54) is 0 Å². The van der Waals surface area contributed by atoms with Crippen LogP contribution in [0, 0.1) is 12.8 Å². The number of hydrogen-bond donors (Lipinski definition) is 1. The molecular weight excluding hydrogens is 336 g/mol. The molecule has 0 aliphatic carbocycles. The summed E-state index contributed by atoms with van der Waals surface area (Å²) in [5.74, 6) is 0.821. The first-order valence-corrected chi connectivity index (χ1v) is 8.65. The molecule has 0 spiro atoms. The molecule has 1 aromatic heterocycles. The molecule has 2 heterocycles. The lowest BCUT2D eigenvalue weighted by atomic mass is 10.0. The summed E-state index contributed by atoms with van der Waals surface area (Å²) in [6, 6.07) is 9.51. The molecule has 0 unspecified atom stereocenters. The monoisotopic (exact) mass is 360 g/mol. The van der Waals surface area contributed by atoms with Gasteiger partial charge in [0.15, 0.2) is 6.61 Å². The highest BCUT2D eigenvalue weighted by Gasteiger charge is 2.34. The summed E-state index contributed by atoms with van der Waals surface area (Å²) in [5, 5.41) is 12.8. The van der Waals surface area contributed by atoms with Crippen LogP contribution in [0.2, 0.25) is 0 Å². The van der Waals surface area contributed by atoms with Gasteiger partial charge in [0, 0.05) is 50.7 Å². The van der Waals surface area contributed by atoms with Gasteiger partial charge >= 0.3 is 5.97 Å². The molecule has 1 saturated heterocycles. The number of aryl methyl sites for hydroxylation is 1. The molecule has 1 aliphatic heterocycles. The highest BCUT2D eigenvalue weighted by Crippen LogP contribution is 2.27. The van der Waals surface area contributed by atoms with Crippen molar-refractivity contribution in [3.63, 3.8) is 0 Å². The van der Waals surface area contributed by atoms with Crippen LogP contribution in [-0.4, -0.2) is 54.0 Å². The Morgan fingerprint density at radius 3 is 2.88 bits per heavy atom. The van der Waals surface area contributed by atoms with Crippen LogP contribution in [0.1, 0.15) is 17.0 Å². The molecule has 2 atom stereocenters.